The van der Waals surface area contributed by atoms with Crippen molar-refractivity contribution in [2.45, 2.75) is 36.6 Å². The number of nitrogens with zero attached hydrogens (tertiary/aromatic N) is 1. The third-order valence-electron chi connectivity index (χ3n) is 4.94. The van der Waals surface area contributed by atoms with Crippen molar-refractivity contribution in [3.8, 4) is 0 Å². The number of sulfonamides is 1. The first-order chi connectivity index (χ1) is 14.8. The van der Waals surface area contributed by atoms with E-state index in [0.29, 0.717) is 12.1 Å². The average molecular weight is 478 g/mol. The number of β-amino-alcohol motifs (C(OH)–C–C–N with tert-alkyl or cyclic N) is 1. The smallest absolute Gasteiger partial charge is 0.246 e. The summed E-state index contributed by atoms with van der Waals surface area (Å²) in [5.41, 5.74) is -1.57. The molecule has 1 aliphatic heterocycles. The molecule has 0 spiro atoms. The molecule has 2 unspecified atom stereocenters. The number of aliphatic hydroxyl groups excluding tert-OH is 2. The van der Waals surface area contributed by atoms with E-state index in [1.807, 2.05) is 0 Å². The van der Waals surface area contributed by atoms with Gasteiger partial charge in [-0.05, 0) is 26.0 Å². The second-order valence-corrected chi connectivity index (χ2v) is 9.84. The van der Waals surface area contributed by atoms with Crippen molar-refractivity contribution in [2.24, 2.45) is 0 Å². The second kappa shape index (κ2) is 8.94. The lowest BCUT2D eigenvalue weighted by Crippen LogP contribution is -2.51. The Hall–Kier alpha value is -2.25. The van der Waals surface area contributed by atoms with E-state index < -0.39 is 56.1 Å². The van der Waals surface area contributed by atoms with Gasteiger partial charge in [-0.2, -0.15) is 4.31 Å². The van der Waals surface area contributed by atoms with Crippen LogP contribution in [0.5, 0.6) is 0 Å². The van der Waals surface area contributed by atoms with E-state index in [1.165, 1.54) is 0 Å². The van der Waals surface area contributed by atoms with Crippen LogP contribution in [0.2, 0.25) is 0 Å². The quantitative estimate of drug-likeness (QED) is 0.347. The fraction of sp³-hybridized carbons (Fsp3) is 0.400. The van der Waals surface area contributed by atoms with Crippen LogP contribution in [-0.4, -0.2) is 54.3 Å². The molecule has 176 valence electrons. The molecule has 2 aromatic rings. The highest BCUT2D eigenvalue weighted by Crippen LogP contribution is 2.31. The molecule has 32 heavy (non-hydrogen) atoms. The van der Waals surface area contributed by atoms with E-state index in [0.717, 1.165) is 22.5 Å². The van der Waals surface area contributed by atoms with Gasteiger partial charge in [0, 0.05) is 29.9 Å². The van der Waals surface area contributed by atoms with E-state index in [1.54, 1.807) is 13.8 Å². The van der Waals surface area contributed by atoms with Gasteiger partial charge in [-0.1, -0.05) is 6.07 Å². The summed E-state index contributed by atoms with van der Waals surface area (Å²) in [6.07, 6.45) is -2.84. The van der Waals surface area contributed by atoms with Gasteiger partial charge in [0.1, 0.15) is 10.7 Å². The van der Waals surface area contributed by atoms with Gasteiger partial charge in [0.25, 0.3) is 0 Å². The normalized spacial score (nSPS) is 20.6. The lowest BCUT2D eigenvalue weighted by molar-refractivity contribution is 0.0461. The van der Waals surface area contributed by atoms with Gasteiger partial charge >= 0.3 is 0 Å². The summed E-state index contributed by atoms with van der Waals surface area (Å²) >= 11 is 0. The fourth-order valence-electron chi connectivity index (χ4n) is 3.32. The van der Waals surface area contributed by atoms with Gasteiger partial charge in [0.05, 0.1) is 24.9 Å². The van der Waals surface area contributed by atoms with Gasteiger partial charge < -0.3 is 20.3 Å². The average Bonchev–Trinajstić information content (AvgIpc) is 2.83. The van der Waals surface area contributed by atoms with Gasteiger partial charge in [0.2, 0.25) is 10.0 Å². The maximum absolute atomic E-state index is 14.6. The molecule has 2 aromatic carbocycles. The zero-order chi connectivity index (χ0) is 23.8. The Balaban J connectivity index is 1.95. The minimum absolute atomic E-state index is 0.0452. The molecule has 0 saturated carbocycles. The van der Waals surface area contributed by atoms with E-state index in [-0.39, 0.29) is 31.0 Å². The fourth-order valence-corrected chi connectivity index (χ4v) is 5.23. The summed E-state index contributed by atoms with van der Waals surface area (Å²) in [6.45, 7) is 2.63. The molecular formula is C20H22F4N2O5S. The first kappa shape index (κ1) is 24.4. The Morgan fingerprint density at radius 1 is 1.12 bits per heavy atom. The Labute approximate surface area is 182 Å². The molecular weight excluding hydrogens is 456 g/mol. The third kappa shape index (κ3) is 4.89. The Morgan fingerprint density at radius 3 is 2.38 bits per heavy atom. The minimum atomic E-state index is -4.49. The topological polar surface area (TPSA) is 99.1 Å². The first-order valence-electron chi connectivity index (χ1n) is 9.50. The summed E-state index contributed by atoms with van der Waals surface area (Å²) in [5.74, 6) is -5.78. The highest BCUT2D eigenvalue weighted by molar-refractivity contribution is 7.89. The van der Waals surface area contributed by atoms with Crippen LogP contribution in [0.1, 0.15) is 25.6 Å². The molecule has 0 amide bonds. The van der Waals surface area contributed by atoms with Gasteiger partial charge in [-0.15, -0.1) is 0 Å². The predicted molar refractivity (Wildman–Crippen MR) is 106 cm³/mol. The SMILES string of the molecule is CC1(C)COCC(O)CN1S(=O)(=O)c1cc(C(O)Nc2cc(F)c(F)c(F)c2)ccc1F. The van der Waals surface area contributed by atoms with E-state index in [4.69, 9.17) is 4.74 Å². The largest absolute Gasteiger partial charge is 0.389 e. The summed E-state index contributed by atoms with van der Waals surface area (Å²) < 4.78 is 87.2. The maximum Gasteiger partial charge on any atom is 0.246 e. The minimum Gasteiger partial charge on any atom is -0.389 e. The molecule has 12 heteroatoms. The number of aliphatic hydroxyl groups is 2. The molecule has 1 heterocycles. The van der Waals surface area contributed by atoms with Gasteiger partial charge in [-0.25, -0.2) is 26.0 Å². The Kier molecular flexibility index (Phi) is 6.82. The van der Waals surface area contributed by atoms with Gasteiger partial charge in [0.15, 0.2) is 23.7 Å². The van der Waals surface area contributed by atoms with Crippen molar-refractivity contribution in [1.29, 1.82) is 0 Å². The van der Waals surface area contributed by atoms with Crippen molar-refractivity contribution in [2.75, 3.05) is 25.1 Å². The standard InChI is InChI=1S/C20H22F4N2O5S/c1-20(2)10-31-9-13(27)8-26(20)32(29,30)17-5-11(3-4-14(17)21)19(28)25-12-6-15(22)18(24)16(23)7-12/h3-7,13,19,25,27-28H,8-10H2,1-2H3. The predicted octanol–water partition coefficient (Wildman–Crippen LogP) is 2.51. The molecule has 3 N–H and O–H groups in total. The van der Waals surface area contributed by atoms with Crippen LogP contribution < -0.4 is 5.32 Å². The van der Waals surface area contributed by atoms with Crippen molar-refractivity contribution >= 4 is 15.7 Å². The number of benzene rings is 2. The molecule has 0 aliphatic carbocycles. The Bertz CT molecular complexity index is 1090. The number of anilines is 1. The van der Waals surface area contributed by atoms with Gasteiger partial charge in [-0.3, -0.25) is 0 Å². The van der Waals surface area contributed by atoms with Crippen LogP contribution in [0.4, 0.5) is 23.2 Å². The Morgan fingerprint density at radius 2 is 1.75 bits per heavy atom. The summed E-state index contributed by atoms with van der Waals surface area (Å²) in [4.78, 5) is -0.769. The van der Waals surface area contributed by atoms with E-state index >= 15 is 0 Å². The van der Waals surface area contributed by atoms with Crippen LogP contribution >= 0.6 is 0 Å². The molecule has 2 atom stereocenters. The molecule has 7 nitrogen and oxygen atoms in total. The lowest BCUT2D eigenvalue weighted by atomic mass is 10.1. The van der Waals surface area contributed by atoms with Crippen LogP contribution in [0.15, 0.2) is 35.2 Å². The third-order valence-corrected chi connectivity index (χ3v) is 7.04. The summed E-state index contributed by atoms with van der Waals surface area (Å²) in [5, 5.41) is 22.6. The molecule has 1 saturated heterocycles. The van der Waals surface area contributed by atoms with Crippen molar-refractivity contribution in [3.05, 3.63) is 59.2 Å². The van der Waals surface area contributed by atoms with Crippen molar-refractivity contribution in [1.82, 2.24) is 4.31 Å². The lowest BCUT2D eigenvalue weighted by Gasteiger charge is -2.35. The van der Waals surface area contributed by atoms with Crippen LogP contribution in [0.3, 0.4) is 0 Å². The highest BCUT2D eigenvalue weighted by atomic mass is 32.2. The second-order valence-electron chi connectivity index (χ2n) is 8.01. The van der Waals surface area contributed by atoms with Crippen LogP contribution in [0.25, 0.3) is 0 Å². The van der Waals surface area contributed by atoms with Crippen LogP contribution in [0, 0.1) is 23.3 Å². The van der Waals surface area contributed by atoms with Crippen molar-refractivity contribution < 1.29 is 40.9 Å². The monoisotopic (exact) mass is 478 g/mol. The number of hydrogen-bond acceptors (Lipinski definition) is 6. The van der Waals surface area contributed by atoms with Crippen molar-refractivity contribution in [3.63, 3.8) is 0 Å². The number of ether oxygens (including phenoxy) is 1. The molecule has 1 aliphatic rings. The molecule has 0 radical (unpaired) electrons. The molecule has 0 bridgehead atoms. The molecule has 0 aromatic heterocycles. The zero-order valence-corrected chi connectivity index (χ0v) is 18.0. The van der Waals surface area contributed by atoms with E-state index in [2.05, 4.69) is 5.32 Å². The summed E-state index contributed by atoms with van der Waals surface area (Å²) in [6, 6.07) is 3.96. The summed E-state index contributed by atoms with van der Waals surface area (Å²) in [7, 11) is -4.49. The van der Waals surface area contributed by atoms with E-state index in [9.17, 15) is 36.2 Å². The van der Waals surface area contributed by atoms with Crippen LogP contribution in [-0.2, 0) is 14.8 Å². The number of halogens is 4. The zero-order valence-electron chi connectivity index (χ0n) is 17.1. The maximum atomic E-state index is 14.6. The first-order valence-corrected chi connectivity index (χ1v) is 10.9. The highest BCUT2D eigenvalue weighted by Gasteiger charge is 2.42. The number of rotatable bonds is 5. The number of hydrogen-bond donors (Lipinski definition) is 3. The molecule has 1 fully saturated rings. The number of nitrogens with one attached hydrogen (secondary N) is 1. The molecule has 3 rings (SSSR count).